The van der Waals surface area contributed by atoms with E-state index in [1.807, 2.05) is 30.3 Å². The van der Waals surface area contributed by atoms with Crippen molar-refractivity contribution in [1.82, 2.24) is 4.90 Å². The highest BCUT2D eigenvalue weighted by atomic mass is 16.2. The number of para-hydroxylation sites is 2. The molecule has 0 atom stereocenters. The Bertz CT molecular complexity index is 875. The van der Waals surface area contributed by atoms with Gasteiger partial charge in [0.25, 0.3) is 0 Å². The summed E-state index contributed by atoms with van der Waals surface area (Å²) in [6, 6.07) is 15.9. The van der Waals surface area contributed by atoms with Gasteiger partial charge in [-0.3, -0.25) is 19.4 Å². The number of carbonyl (C=O) groups excluding carboxylic acids is 2. The molecule has 2 aliphatic heterocycles. The molecule has 2 heterocycles. The van der Waals surface area contributed by atoms with E-state index in [1.54, 1.807) is 18.7 Å². The molecule has 0 aromatic heterocycles. The fourth-order valence-electron chi connectivity index (χ4n) is 3.85. The summed E-state index contributed by atoms with van der Waals surface area (Å²) in [6.45, 7) is 5.51. The van der Waals surface area contributed by atoms with Crippen LogP contribution in [0.3, 0.4) is 0 Å². The van der Waals surface area contributed by atoms with Gasteiger partial charge in [-0.15, -0.1) is 0 Å². The number of nitrogens with one attached hydrogen (secondary N) is 1. The summed E-state index contributed by atoms with van der Waals surface area (Å²) in [5.74, 6) is -0.203. The minimum atomic E-state index is -0.918. The van der Waals surface area contributed by atoms with Crippen LogP contribution in [-0.2, 0) is 22.6 Å². The normalized spacial score (nSPS) is 18.7. The third kappa shape index (κ3) is 2.78. The Kier molecular flexibility index (Phi) is 4.04. The smallest absolute Gasteiger partial charge is 0.250 e. The van der Waals surface area contributed by atoms with Crippen LogP contribution in [0.15, 0.2) is 48.5 Å². The lowest BCUT2D eigenvalue weighted by molar-refractivity contribution is -0.127. The number of benzene rings is 2. The molecular formula is C21H23N3O2. The molecule has 26 heavy (non-hydrogen) atoms. The Morgan fingerprint density at radius 3 is 2.58 bits per heavy atom. The lowest BCUT2D eigenvalue weighted by atomic mass is 9.95. The number of rotatable bonds is 2. The molecule has 134 valence electrons. The number of hydrogen-bond acceptors (Lipinski definition) is 3. The largest absolute Gasteiger partial charge is 0.322 e. The Balaban J connectivity index is 1.59. The van der Waals surface area contributed by atoms with E-state index in [4.69, 9.17) is 0 Å². The first kappa shape index (κ1) is 16.8. The minimum absolute atomic E-state index is 0.0447. The van der Waals surface area contributed by atoms with Crippen LogP contribution in [0.5, 0.6) is 0 Å². The molecule has 5 heteroatoms. The van der Waals surface area contributed by atoms with E-state index in [0.29, 0.717) is 12.2 Å². The van der Waals surface area contributed by atoms with Crippen molar-refractivity contribution in [2.24, 2.45) is 0 Å². The van der Waals surface area contributed by atoms with Gasteiger partial charge < -0.3 is 5.32 Å². The molecule has 0 fully saturated rings. The van der Waals surface area contributed by atoms with E-state index in [1.165, 1.54) is 11.1 Å². The summed E-state index contributed by atoms with van der Waals surface area (Å²) in [6.07, 6.45) is 0.948. The van der Waals surface area contributed by atoms with Crippen LogP contribution in [0.1, 0.15) is 25.0 Å². The van der Waals surface area contributed by atoms with Gasteiger partial charge in [0.1, 0.15) is 5.54 Å². The maximum atomic E-state index is 13.2. The molecule has 0 spiro atoms. The molecule has 0 unspecified atom stereocenters. The monoisotopic (exact) mass is 349 g/mol. The molecular weight excluding hydrogens is 326 g/mol. The first-order chi connectivity index (χ1) is 12.5. The first-order valence-corrected chi connectivity index (χ1v) is 8.99. The molecule has 2 aliphatic rings. The zero-order chi connectivity index (χ0) is 18.3. The van der Waals surface area contributed by atoms with Gasteiger partial charge in [0.15, 0.2) is 0 Å². The van der Waals surface area contributed by atoms with E-state index in [2.05, 4.69) is 28.4 Å². The number of hydrogen-bond donors (Lipinski definition) is 1. The topological polar surface area (TPSA) is 52.7 Å². The maximum absolute atomic E-state index is 13.2. The second-order valence-electron chi connectivity index (χ2n) is 7.49. The molecule has 0 bridgehead atoms. The second kappa shape index (κ2) is 6.25. The Labute approximate surface area is 153 Å². The highest BCUT2D eigenvalue weighted by molar-refractivity contribution is 6.14. The van der Waals surface area contributed by atoms with E-state index in [-0.39, 0.29) is 11.8 Å². The van der Waals surface area contributed by atoms with Crippen LogP contribution in [0, 0.1) is 0 Å². The van der Waals surface area contributed by atoms with Crippen molar-refractivity contribution in [2.45, 2.75) is 32.4 Å². The molecule has 1 N–H and O–H groups in total. The molecule has 4 rings (SSSR count). The molecule has 0 saturated heterocycles. The molecule has 0 radical (unpaired) electrons. The van der Waals surface area contributed by atoms with Crippen molar-refractivity contribution in [3.8, 4) is 0 Å². The quantitative estimate of drug-likeness (QED) is 0.907. The van der Waals surface area contributed by atoms with Gasteiger partial charge in [-0.1, -0.05) is 36.4 Å². The first-order valence-electron chi connectivity index (χ1n) is 8.99. The summed E-state index contributed by atoms with van der Waals surface area (Å²) in [5, 5.41) is 2.91. The minimum Gasteiger partial charge on any atom is -0.322 e. The van der Waals surface area contributed by atoms with Gasteiger partial charge in [-0.2, -0.15) is 0 Å². The standard InChI is InChI=1S/C21H23N3O2/c1-21(2)20(26)22-17-9-5-6-10-18(17)24(21)19(25)14-23-12-11-15-7-3-4-8-16(15)13-23/h3-10H,11-14H2,1-2H3,(H,22,26). The maximum Gasteiger partial charge on any atom is 0.250 e. The summed E-state index contributed by atoms with van der Waals surface area (Å²) in [7, 11) is 0. The highest BCUT2D eigenvalue weighted by Gasteiger charge is 2.43. The summed E-state index contributed by atoms with van der Waals surface area (Å²) >= 11 is 0. The van der Waals surface area contributed by atoms with Crippen molar-refractivity contribution in [3.63, 3.8) is 0 Å². The zero-order valence-corrected chi connectivity index (χ0v) is 15.2. The summed E-state index contributed by atoms with van der Waals surface area (Å²) in [5.41, 5.74) is 3.18. The SMILES string of the molecule is CC1(C)C(=O)Nc2ccccc2N1C(=O)CN1CCc2ccccc2C1. The molecule has 5 nitrogen and oxygen atoms in total. The Hall–Kier alpha value is -2.66. The van der Waals surface area contributed by atoms with Crippen molar-refractivity contribution >= 4 is 23.2 Å². The molecule has 2 aromatic carbocycles. The van der Waals surface area contributed by atoms with E-state index >= 15 is 0 Å². The number of fused-ring (bicyclic) bond motifs is 2. The predicted molar refractivity (Wildman–Crippen MR) is 102 cm³/mol. The van der Waals surface area contributed by atoms with Gasteiger partial charge >= 0.3 is 0 Å². The number of amides is 2. The summed E-state index contributed by atoms with van der Waals surface area (Å²) in [4.78, 5) is 29.6. The van der Waals surface area contributed by atoms with E-state index < -0.39 is 5.54 Å². The van der Waals surface area contributed by atoms with Crippen LogP contribution in [-0.4, -0.2) is 35.3 Å². The van der Waals surface area contributed by atoms with Crippen molar-refractivity contribution in [1.29, 1.82) is 0 Å². The van der Waals surface area contributed by atoms with Crippen LogP contribution < -0.4 is 10.2 Å². The van der Waals surface area contributed by atoms with Crippen LogP contribution in [0.4, 0.5) is 11.4 Å². The summed E-state index contributed by atoms with van der Waals surface area (Å²) < 4.78 is 0. The highest BCUT2D eigenvalue weighted by Crippen LogP contribution is 2.36. The Morgan fingerprint density at radius 1 is 1.08 bits per heavy atom. The number of anilines is 2. The van der Waals surface area contributed by atoms with Crippen molar-refractivity contribution in [3.05, 3.63) is 59.7 Å². The third-order valence-corrected chi connectivity index (χ3v) is 5.33. The fraction of sp³-hybridized carbons (Fsp3) is 0.333. The second-order valence-corrected chi connectivity index (χ2v) is 7.49. The molecule has 2 aromatic rings. The van der Waals surface area contributed by atoms with E-state index in [0.717, 1.165) is 25.2 Å². The van der Waals surface area contributed by atoms with Crippen LogP contribution in [0.2, 0.25) is 0 Å². The molecule has 2 amide bonds. The third-order valence-electron chi connectivity index (χ3n) is 5.33. The van der Waals surface area contributed by atoms with Gasteiger partial charge in [-0.05, 0) is 43.5 Å². The predicted octanol–water partition coefficient (Wildman–Crippen LogP) is 2.81. The van der Waals surface area contributed by atoms with E-state index in [9.17, 15) is 9.59 Å². The van der Waals surface area contributed by atoms with Crippen LogP contribution >= 0.6 is 0 Å². The van der Waals surface area contributed by atoms with Gasteiger partial charge in [0.05, 0.1) is 17.9 Å². The van der Waals surface area contributed by atoms with Gasteiger partial charge in [0, 0.05) is 13.1 Å². The average molecular weight is 349 g/mol. The Morgan fingerprint density at radius 2 is 1.77 bits per heavy atom. The average Bonchev–Trinajstić information content (AvgIpc) is 2.62. The van der Waals surface area contributed by atoms with Crippen molar-refractivity contribution in [2.75, 3.05) is 23.3 Å². The lowest BCUT2D eigenvalue weighted by Gasteiger charge is -2.43. The van der Waals surface area contributed by atoms with Crippen molar-refractivity contribution < 1.29 is 9.59 Å². The number of carbonyl (C=O) groups is 2. The number of nitrogens with zero attached hydrogens (tertiary/aromatic N) is 2. The molecule has 0 saturated carbocycles. The van der Waals surface area contributed by atoms with Gasteiger partial charge in [0.2, 0.25) is 11.8 Å². The molecule has 0 aliphatic carbocycles. The zero-order valence-electron chi connectivity index (χ0n) is 15.2. The lowest BCUT2D eigenvalue weighted by Crippen LogP contribution is -2.60. The van der Waals surface area contributed by atoms with Crippen LogP contribution in [0.25, 0.3) is 0 Å². The van der Waals surface area contributed by atoms with Gasteiger partial charge in [-0.25, -0.2) is 0 Å². The fourth-order valence-corrected chi connectivity index (χ4v) is 3.85.